The lowest BCUT2D eigenvalue weighted by Gasteiger charge is -2.05. The molecule has 1 heterocycles. The van der Waals surface area contributed by atoms with E-state index in [1.54, 1.807) is 0 Å². The van der Waals surface area contributed by atoms with Crippen LogP contribution >= 0.6 is 11.8 Å². The normalized spacial score (nSPS) is 21.9. The molecule has 0 aromatic rings. The average Bonchev–Trinajstić information content (AvgIpc) is 2.64. The molecule has 0 spiro atoms. The largest absolute Gasteiger partial charge is 0.493 e. The number of thioether (sulfide) groups is 1. The zero-order valence-corrected chi connectivity index (χ0v) is 7.04. The summed E-state index contributed by atoms with van der Waals surface area (Å²) in [5, 5.41) is 0.719. The first-order valence-electron chi connectivity index (χ1n) is 3.29. The second kappa shape index (κ2) is 3.15. The molecule has 1 aliphatic heterocycles. The lowest BCUT2D eigenvalue weighted by molar-refractivity contribution is 0.232. The van der Waals surface area contributed by atoms with Gasteiger partial charge >= 0.3 is 0 Å². The summed E-state index contributed by atoms with van der Waals surface area (Å²) >= 11 is 1.93. The molecule has 1 rings (SSSR count). The third-order valence-corrected chi connectivity index (χ3v) is 2.26. The van der Waals surface area contributed by atoms with Crippen molar-refractivity contribution in [3.63, 3.8) is 0 Å². The van der Waals surface area contributed by atoms with Gasteiger partial charge in [0, 0.05) is 11.0 Å². The van der Waals surface area contributed by atoms with E-state index < -0.39 is 0 Å². The zero-order chi connectivity index (χ0) is 7.56. The van der Waals surface area contributed by atoms with Gasteiger partial charge in [0.15, 0.2) is 0 Å². The lowest BCUT2D eigenvalue weighted by Crippen LogP contribution is -1.99. The fraction of sp³-hybridized carbons (Fsp3) is 0.500. The van der Waals surface area contributed by atoms with Gasteiger partial charge in [0.1, 0.15) is 12.4 Å². The van der Waals surface area contributed by atoms with Gasteiger partial charge in [-0.3, -0.25) is 0 Å². The highest BCUT2D eigenvalue weighted by Gasteiger charge is 2.22. The van der Waals surface area contributed by atoms with Gasteiger partial charge in [-0.1, -0.05) is 13.2 Å². The molecule has 1 unspecified atom stereocenters. The topological polar surface area (TPSA) is 9.23 Å². The van der Waals surface area contributed by atoms with E-state index in [9.17, 15) is 0 Å². The number of hydrogen-bond acceptors (Lipinski definition) is 2. The van der Waals surface area contributed by atoms with Crippen LogP contribution in [0.15, 0.2) is 24.5 Å². The quantitative estimate of drug-likeness (QED) is 0.350. The van der Waals surface area contributed by atoms with Gasteiger partial charge < -0.3 is 4.74 Å². The van der Waals surface area contributed by atoms with Crippen molar-refractivity contribution in [1.82, 2.24) is 0 Å². The van der Waals surface area contributed by atoms with Crippen LogP contribution in [-0.2, 0) is 4.74 Å². The van der Waals surface area contributed by atoms with E-state index in [1.807, 2.05) is 18.7 Å². The maximum atomic E-state index is 5.31. The third kappa shape index (κ3) is 2.48. The molecule has 0 amide bonds. The summed E-state index contributed by atoms with van der Waals surface area (Å²) in [6.07, 6.45) is 0. The number of allylic oxidation sites excluding steroid dienone is 1. The molecule has 0 radical (unpaired) electrons. The highest BCUT2D eigenvalue weighted by atomic mass is 32.2. The van der Waals surface area contributed by atoms with Crippen molar-refractivity contribution in [1.29, 1.82) is 0 Å². The molecule has 2 heteroatoms. The minimum Gasteiger partial charge on any atom is -0.493 e. The molecule has 0 N–H and O–H groups in total. The van der Waals surface area contributed by atoms with Gasteiger partial charge in [0.25, 0.3) is 0 Å². The number of rotatable bonds is 4. The standard InChI is InChI=1S/C8H12OS/c1-6(2)7(3)9-4-8-5-10-8/h8H,1,3-5H2,2H3. The Balaban J connectivity index is 2.11. The van der Waals surface area contributed by atoms with Gasteiger partial charge in [-0.2, -0.15) is 11.8 Å². The molecule has 56 valence electrons. The molecule has 10 heavy (non-hydrogen) atoms. The van der Waals surface area contributed by atoms with Crippen molar-refractivity contribution >= 4 is 11.8 Å². The van der Waals surface area contributed by atoms with E-state index >= 15 is 0 Å². The van der Waals surface area contributed by atoms with Crippen LogP contribution in [0.5, 0.6) is 0 Å². The van der Waals surface area contributed by atoms with Crippen LogP contribution in [0.4, 0.5) is 0 Å². The van der Waals surface area contributed by atoms with Gasteiger partial charge in [-0.05, 0) is 12.5 Å². The van der Waals surface area contributed by atoms with E-state index in [0.29, 0.717) is 0 Å². The van der Waals surface area contributed by atoms with Gasteiger partial charge in [-0.15, -0.1) is 0 Å². The molecule has 1 atom stereocenters. The predicted molar refractivity (Wildman–Crippen MR) is 46.2 cm³/mol. The number of ether oxygens (including phenoxy) is 1. The molecule has 0 saturated carbocycles. The van der Waals surface area contributed by atoms with Crippen molar-refractivity contribution in [2.75, 3.05) is 12.4 Å². The van der Waals surface area contributed by atoms with Gasteiger partial charge in [-0.25, -0.2) is 0 Å². The van der Waals surface area contributed by atoms with Crippen LogP contribution in [-0.4, -0.2) is 17.6 Å². The summed E-state index contributed by atoms with van der Waals surface area (Å²) in [6.45, 7) is 10.2. The van der Waals surface area contributed by atoms with Crippen LogP contribution in [0.1, 0.15) is 6.92 Å². The first kappa shape index (κ1) is 7.73. The van der Waals surface area contributed by atoms with E-state index in [4.69, 9.17) is 4.74 Å². The smallest absolute Gasteiger partial charge is 0.114 e. The first-order chi connectivity index (χ1) is 4.70. The van der Waals surface area contributed by atoms with E-state index in [2.05, 4.69) is 13.2 Å². The van der Waals surface area contributed by atoms with Crippen LogP contribution in [0.25, 0.3) is 0 Å². The molecule has 0 aliphatic carbocycles. The summed E-state index contributed by atoms with van der Waals surface area (Å²) in [7, 11) is 0. The Morgan fingerprint density at radius 1 is 1.70 bits per heavy atom. The summed E-state index contributed by atoms with van der Waals surface area (Å²) in [6, 6.07) is 0. The van der Waals surface area contributed by atoms with E-state index in [0.717, 1.165) is 23.2 Å². The Kier molecular flexibility index (Phi) is 2.44. The Bertz CT molecular complexity index is 159. The van der Waals surface area contributed by atoms with Gasteiger partial charge in [0.2, 0.25) is 0 Å². The van der Waals surface area contributed by atoms with E-state index in [1.165, 1.54) is 5.75 Å². The minimum absolute atomic E-state index is 0.719. The fourth-order valence-corrected chi connectivity index (χ4v) is 0.878. The highest BCUT2D eigenvalue weighted by Crippen LogP contribution is 2.30. The molecule has 1 aliphatic rings. The van der Waals surface area contributed by atoms with Crippen molar-refractivity contribution in [3.05, 3.63) is 24.5 Å². The minimum atomic E-state index is 0.719. The Morgan fingerprint density at radius 3 is 2.70 bits per heavy atom. The molecule has 1 nitrogen and oxygen atoms in total. The van der Waals surface area contributed by atoms with Crippen molar-refractivity contribution in [3.8, 4) is 0 Å². The molecule has 0 aromatic carbocycles. The zero-order valence-electron chi connectivity index (χ0n) is 6.22. The van der Waals surface area contributed by atoms with Crippen LogP contribution < -0.4 is 0 Å². The molecule has 1 saturated heterocycles. The lowest BCUT2D eigenvalue weighted by atomic mass is 10.3. The van der Waals surface area contributed by atoms with Crippen LogP contribution in [0, 0.1) is 0 Å². The van der Waals surface area contributed by atoms with E-state index in [-0.39, 0.29) is 0 Å². The summed E-state index contributed by atoms with van der Waals surface area (Å²) in [4.78, 5) is 0. The predicted octanol–water partition coefficient (Wildman–Crippen LogP) is 2.21. The average molecular weight is 156 g/mol. The molecule has 1 fully saturated rings. The second-order valence-electron chi connectivity index (χ2n) is 2.47. The molecule has 0 bridgehead atoms. The summed E-state index contributed by atoms with van der Waals surface area (Å²) in [5.74, 6) is 1.97. The Hall–Kier alpha value is -0.370. The maximum Gasteiger partial charge on any atom is 0.114 e. The number of hydrogen-bond donors (Lipinski definition) is 0. The van der Waals surface area contributed by atoms with Crippen molar-refractivity contribution in [2.45, 2.75) is 12.2 Å². The fourth-order valence-electron chi connectivity index (χ4n) is 0.481. The van der Waals surface area contributed by atoms with Gasteiger partial charge in [0.05, 0.1) is 0 Å². The summed E-state index contributed by atoms with van der Waals surface area (Å²) < 4.78 is 5.31. The second-order valence-corrected chi connectivity index (χ2v) is 3.80. The Morgan fingerprint density at radius 2 is 2.30 bits per heavy atom. The highest BCUT2D eigenvalue weighted by molar-refractivity contribution is 8.06. The van der Waals surface area contributed by atoms with Crippen molar-refractivity contribution in [2.24, 2.45) is 0 Å². The Labute approximate surface area is 66.1 Å². The monoisotopic (exact) mass is 156 g/mol. The SMILES string of the molecule is C=C(C)C(=C)OCC1CS1. The van der Waals surface area contributed by atoms with Crippen molar-refractivity contribution < 1.29 is 4.74 Å². The third-order valence-electron chi connectivity index (χ3n) is 1.32. The summed E-state index contributed by atoms with van der Waals surface area (Å²) in [5.41, 5.74) is 0.922. The first-order valence-corrected chi connectivity index (χ1v) is 4.34. The molecule has 0 aromatic heterocycles. The van der Waals surface area contributed by atoms with Crippen LogP contribution in [0.2, 0.25) is 0 Å². The van der Waals surface area contributed by atoms with Crippen LogP contribution in [0.3, 0.4) is 0 Å². The molecular weight excluding hydrogens is 144 g/mol. The molecular formula is C8H12OS. The maximum absolute atomic E-state index is 5.31.